The van der Waals surface area contributed by atoms with Gasteiger partial charge < -0.3 is 5.32 Å². The molecular weight excluding hydrogens is 270 g/mol. The molecule has 4 heteroatoms. The Morgan fingerprint density at radius 3 is 2.94 bits per heavy atom. The van der Waals surface area contributed by atoms with Gasteiger partial charge in [0.15, 0.2) is 0 Å². The summed E-state index contributed by atoms with van der Waals surface area (Å²) in [5.74, 6) is 2.56. The highest BCUT2D eigenvalue weighted by atomic mass is 35.5. The minimum atomic E-state index is 0.443. The van der Waals surface area contributed by atoms with E-state index in [-0.39, 0.29) is 0 Å². The lowest BCUT2D eigenvalue weighted by Crippen LogP contribution is -2.47. The third-order valence-electron chi connectivity index (χ3n) is 3.51. The molecule has 2 rings (SSSR count). The molecule has 1 atom stereocenters. The van der Waals surface area contributed by atoms with Crippen molar-refractivity contribution in [2.75, 3.05) is 18.1 Å². The standard InChI is InChI=1S/C13H20ClNS2/c1-13(2)6-8-16-9-11(13)15-7-5-10-3-4-12(14)17-10/h3-4,11,15H,5-9H2,1-2H3. The summed E-state index contributed by atoms with van der Waals surface area (Å²) >= 11 is 9.70. The summed E-state index contributed by atoms with van der Waals surface area (Å²) in [4.78, 5) is 1.38. The molecule has 1 aliphatic rings. The summed E-state index contributed by atoms with van der Waals surface area (Å²) in [7, 11) is 0. The van der Waals surface area contributed by atoms with Crippen molar-refractivity contribution < 1.29 is 0 Å². The lowest BCUT2D eigenvalue weighted by Gasteiger charge is -2.38. The first-order valence-electron chi connectivity index (χ1n) is 6.13. The van der Waals surface area contributed by atoms with Crippen molar-refractivity contribution in [3.05, 3.63) is 21.3 Å². The lowest BCUT2D eigenvalue weighted by atomic mass is 9.82. The highest BCUT2D eigenvalue weighted by Crippen LogP contribution is 2.34. The normalized spacial score (nSPS) is 23.8. The molecule has 96 valence electrons. The second-order valence-corrected chi connectivity index (χ2v) is 8.23. The van der Waals surface area contributed by atoms with Crippen LogP contribution in [0.15, 0.2) is 12.1 Å². The number of thiophene rings is 1. The van der Waals surface area contributed by atoms with E-state index in [0.717, 1.165) is 17.3 Å². The van der Waals surface area contributed by atoms with Gasteiger partial charge in [0.05, 0.1) is 4.34 Å². The van der Waals surface area contributed by atoms with E-state index in [9.17, 15) is 0 Å². The van der Waals surface area contributed by atoms with Crippen LogP contribution in [0.25, 0.3) is 0 Å². The molecule has 1 nitrogen and oxygen atoms in total. The van der Waals surface area contributed by atoms with Crippen LogP contribution in [-0.4, -0.2) is 24.1 Å². The third-order valence-corrected chi connectivity index (χ3v) is 5.86. The predicted octanol–water partition coefficient (Wildman–Crippen LogP) is 4.07. The SMILES string of the molecule is CC1(C)CCSCC1NCCc1ccc(Cl)s1. The van der Waals surface area contributed by atoms with Crippen molar-refractivity contribution in [2.45, 2.75) is 32.7 Å². The molecule has 0 spiro atoms. The van der Waals surface area contributed by atoms with Crippen LogP contribution in [0.4, 0.5) is 0 Å². The molecule has 0 bridgehead atoms. The molecule has 17 heavy (non-hydrogen) atoms. The molecule has 0 aliphatic carbocycles. The number of thioether (sulfide) groups is 1. The fraction of sp³-hybridized carbons (Fsp3) is 0.692. The zero-order valence-corrected chi connectivity index (χ0v) is 12.9. The molecule has 0 aromatic carbocycles. The number of rotatable bonds is 4. The van der Waals surface area contributed by atoms with Gasteiger partial charge in [-0.2, -0.15) is 11.8 Å². The van der Waals surface area contributed by atoms with Gasteiger partial charge in [0.1, 0.15) is 0 Å². The maximum Gasteiger partial charge on any atom is 0.0931 e. The Balaban J connectivity index is 1.77. The Kier molecular flexibility index (Phi) is 4.81. The van der Waals surface area contributed by atoms with Crippen LogP contribution in [0.5, 0.6) is 0 Å². The number of hydrogen-bond acceptors (Lipinski definition) is 3. The van der Waals surface area contributed by atoms with Crippen molar-refractivity contribution >= 4 is 34.7 Å². The Hall–Kier alpha value is 0.300. The average molecular weight is 290 g/mol. The molecule has 1 saturated heterocycles. The second-order valence-electron chi connectivity index (χ2n) is 5.28. The molecule has 1 aromatic heterocycles. The highest BCUT2D eigenvalue weighted by molar-refractivity contribution is 7.99. The van der Waals surface area contributed by atoms with Gasteiger partial charge in [-0.1, -0.05) is 25.4 Å². The third kappa shape index (κ3) is 3.88. The molecule has 1 fully saturated rings. The topological polar surface area (TPSA) is 12.0 Å². The van der Waals surface area contributed by atoms with E-state index in [1.807, 2.05) is 6.07 Å². The maximum atomic E-state index is 5.93. The van der Waals surface area contributed by atoms with Crippen molar-refractivity contribution in [3.63, 3.8) is 0 Å². The van der Waals surface area contributed by atoms with Gasteiger partial charge in [-0.05, 0) is 36.1 Å². The van der Waals surface area contributed by atoms with Gasteiger partial charge in [0.2, 0.25) is 0 Å². The quantitative estimate of drug-likeness (QED) is 0.897. The fourth-order valence-electron chi connectivity index (χ4n) is 2.13. The number of hydrogen-bond donors (Lipinski definition) is 1. The van der Waals surface area contributed by atoms with Crippen LogP contribution in [0.2, 0.25) is 4.34 Å². The molecule has 1 N–H and O–H groups in total. The summed E-state index contributed by atoms with van der Waals surface area (Å²) in [6.07, 6.45) is 2.41. The first-order valence-corrected chi connectivity index (χ1v) is 8.48. The summed E-state index contributed by atoms with van der Waals surface area (Å²) < 4.78 is 0.897. The molecule has 0 amide bonds. The van der Waals surface area contributed by atoms with Crippen molar-refractivity contribution in [3.8, 4) is 0 Å². The lowest BCUT2D eigenvalue weighted by molar-refractivity contribution is 0.247. The van der Waals surface area contributed by atoms with Crippen molar-refractivity contribution in [2.24, 2.45) is 5.41 Å². The van der Waals surface area contributed by atoms with E-state index in [2.05, 4.69) is 37.0 Å². The van der Waals surface area contributed by atoms with Crippen molar-refractivity contribution in [1.82, 2.24) is 5.32 Å². The molecule has 2 heterocycles. The molecule has 0 radical (unpaired) electrons. The smallest absolute Gasteiger partial charge is 0.0931 e. The average Bonchev–Trinajstić information content (AvgIpc) is 2.67. The van der Waals surface area contributed by atoms with E-state index in [4.69, 9.17) is 11.6 Å². The Labute approximate surface area is 117 Å². The zero-order chi connectivity index (χ0) is 12.3. The minimum Gasteiger partial charge on any atom is -0.312 e. The van der Waals surface area contributed by atoms with Gasteiger partial charge in [-0.15, -0.1) is 11.3 Å². The Bertz CT molecular complexity index is 362. The summed E-state index contributed by atoms with van der Waals surface area (Å²) in [6, 6.07) is 4.77. The van der Waals surface area contributed by atoms with E-state index in [0.29, 0.717) is 11.5 Å². The zero-order valence-electron chi connectivity index (χ0n) is 10.5. The highest BCUT2D eigenvalue weighted by Gasteiger charge is 2.31. The summed E-state index contributed by atoms with van der Waals surface area (Å²) in [6.45, 7) is 5.82. The maximum absolute atomic E-state index is 5.93. The largest absolute Gasteiger partial charge is 0.312 e. The molecule has 1 unspecified atom stereocenters. The van der Waals surface area contributed by atoms with Crippen LogP contribution >= 0.6 is 34.7 Å². The first-order chi connectivity index (χ1) is 8.08. The van der Waals surface area contributed by atoms with Crippen LogP contribution in [0, 0.1) is 5.41 Å². The molecule has 0 saturated carbocycles. The van der Waals surface area contributed by atoms with Crippen LogP contribution in [-0.2, 0) is 6.42 Å². The minimum absolute atomic E-state index is 0.443. The number of nitrogens with one attached hydrogen (secondary N) is 1. The molecule has 1 aliphatic heterocycles. The van der Waals surface area contributed by atoms with Crippen LogP contribution < -0.4 is 5.32 Å². The van der Waals surface area contributed by atoms with E-state index in [1.165, 1.54) is 22.8 Å². The molecular formula is C13H20ClNS2. The number of halogens is 1. The Morgan fingerprint density at radius 1 is 1.47 bits per heavy atom. The molecule has 1 aromatic rings. The van der Waals surface area contributed by atoms with Gasteiger partial charge in [-0.25, -0.2) is 0 Å². The Morgan fingerprint density at radius 2 is 2.29 bits per heavy atom. The van der Waals surface area contributed by atoms with E-state index >= 15 is 0 Å². The van der Waals surface area contributed by atoms with Crippen LogP contribution in [0.1, 0.15) is 25.1 Å². The van der Waals surface area contributed by atoms with E-state index < -0.39 is 0 Å². The van der Waals surface area contributed by atoms with E-state index in [1.54, 1.807) is 11.3 Å². The first kappa shape index (κ1) is 13.7. The van der Waals surface area contributed by atoms with Gasteiger partial charge >= 0.3 is 0 Å². The summed E-state index contributed by atoms with van der Waals surface area (Å²) in [5.41, 5.74) is 0.443. The van der Waals surface area contributed by atoms with Gasteiger partial charge in [0, 0.05) is 23.2 Å². The summed E-state index contributed by atoms with van der Waals surface area (Å²) in [5, 5.41) is 3.71. The predicted molar refractivity (Wildman–Crippen MR) is 80.5 cm³/mol. The van der Waals surface area contributed by atoms with Crippen molar-refractivity contribution in [1.29, 1.82) is 0 Å². The monoisotopic (exact) mass is 289 g/mol. The van der Waals surface area contributed by atoms with Gasteiger partial charge in [-0.3, -0.25) is 0 Å². The van der Waals surface area contributed by atoms with Gasteiger partial charge in [0.25, 0.3) is 0 Å². The van der Waals surface area contributed by atoms with Crippen LogP contribution in [0.3, 0.4) is 0 Å². The fourth-order valence-corrected chi connectivity index (χ4v) is 4.86. The second kappa shape index (κ2) is 5.96.